The molecule has 0 aromatic carbocycles. The third-order valence-electron chi connectivity index (χ3n) is 3.71. The Morgan fingerprint density at radius 3 is 2.73 bits per heavy atom. The fourth-order valence-corrected chi connectivity index (χ4v) is 2.65. The van der Waals surface area contributed by atoms with Crippen LogP contribution in [0, 0.1) is 11.3 Å². The molecule has 1 rings (SSSR count). The van der Waals surface area contributed by atoms with Crippen molar-refractivity contribution in [1.82, 2.24) is 0 Å². The first-order chi connectivity index (χ1) is 6.97. The van der Waals surface area contributed by atoms with Gasteiger partial charge < -0.3 is 0 Å². The molecule has 0 fully saturated rings. The molecule has 0 N–H and O–H groups in total. The number of ketones is 1. The molecule has 0 saturated heterocycles. The van der Waals surface area contributed by atoms with Gasteiger partial charge in [-0.3, -0.25) is 4.79 Å². The minimum absolute atomic E-state index is 0.308. The molecule has 0 aliphatic heterocycles. The van der Waals surface area contributed by atoms with Crippen molar-refractivity contribution in [2.75, 3.05) is 0 Å². The molecule has 0 radical (unpaired) electrons. The van der Waals surface area contributed by atoms with Crippen molar-refractivity contribution in [2.24, 2.45) is 11.3 Å². The van der Waals surface area contributed by atoms with Crippen LogP contribution in [0.5, 0.6) is 0 Å². The van der Waals surface area contributed by atoms with Crippen LogP contribution in [0.25, 0.3) is 0 Å². The summed E-state index contributed by atoms with van der Waals surface area (Å²) in [6, 6.07) is 0. The number of rotatable bonds is 4. The van der Waals surface area contributed by atoms with Gasteiger partial charge >= 0.3 is 0 Å². The number of Topliss-reactive ketones (excluding diaryl/α,β-unsaturated/α-hetero) is 1. The number of carbonyl (C=O) groups excluding carboxylic acids is 1. The van der Waals surface area contributed by atoms with Crippen molar-refractivity contribution in [1.29, 1.82) is 0 Å². The maximum atomic E-state index is 11.7. The summed E-state index contributed by atoms with van der Waals surface area (Å²) in [5.74, 6) is 0.913. The van der Waals surface area contributed by atoms with Crippen LogP contribution in [0.4, 0.5) is 0 Å². The van der Waals surface area contributed by atoms with Gasteiger partial charge in [-0.2, -0.15) is 0 Å². The Labute approximate surface area is 93.9 Å². The molecule has 86 valence electrons. The van der Waals surface area contributed by atoms with Crippen LogP contribution in [0.1, 0.15) is 59.8 Å². The Kier molecular flexibility index (Phi) is 4.12. The van der Waals surface area contributed by atoms with Gasteiger partial charge in [0, 0.05) is 12.8 Å². The van der Waals surface area contributed by atoms with Gasteiger partial charge in [0.1, 0.15) is 5.78 Å². The Bertz CT molecular complexity index is 261. The van der Waals surface area contributed by atoms with Crippen LogP contribution < -0.4 is 0 Å². The van der Waals surface area contributed by atoms with Gasteiger partial charge in [-0.1, -0.05) is 32.4 Å². The summed E-state index contributed by atoms with van der Waals surface area (Å²) in [4.78, 5) is 11.7. The zero-order valence-corrected chi connectivity index (χ0v) is 10.6. The van der Waals surface area contributed by atoms with Crippen LogP contribution in [-0.2, 0) is 4.79 Å². The summed E-state index contributed by atoms with van der Waals surface area (Å²) in [5.41, 5.74) is 1.73. The molecule has 1 nitrogen and oxygen atoms in total. The first kappa shape index (κ1) is 12.5. The van der Waals surface area contributed by atoms with Crippen LogP contribution in [0.2, 0.25) is 0 Å². The summed E-state index contributed by atoms with van der Waals surface area (Å²) in [6.45, 7) is 8.86. The van der Waals surface area contributed by atoms with Crippen molar-refractivity contribution < 1.29 is 4.79 Å². The second kappa shape index (κ2) is 4.96. The molecular weight excluding hydrogens is 184 g/mol. The summed E-state index contributed by atoms with van der Waals surface area (Å²) < 4.78 is 0. The fourth-order valence-electron chi connectivity index (χ4n) is 2.65. The smallest absolute Gasteiger partial charge is 0.133 e. The zero-order chi connectivity index (χ0) is 11.5. The van der Waals surface area contributed by atoms with Gasteiger partial charge in [-0.15, -0.1) is 0 Å². The molecule has 0 saturated carbocycles. The molecule has 1 unspecified atom stereocenters. The predicted molar refractivity (Wildman–Crippen MR) is 64.8 cm³/mol. The Morgan fingerprint density at radius 1 is 1.53 bits per heavy atom. The minimum Gasteiger partial charge on any atom is -0.300 e. The second-order valence-electron chi connectivity index (χ2n) is 5.52. The highest BCUT2D eigenvalue weighted by atomic mass is 16.1. The Balaban J connectivity index is 2.68. The lowest BCUT2D eigenvalue weighted by Crippen LogP contribution is -2.29. The standard InChI is InChI=1S/C14H24O/c1-5-7-12(15)10-13-11(2)8-6-9-14(13,3)4/h8,13H,5-7,9-10H2,1-4H3. The van der Waals surface area contributed by atoms with Crippen LogP contribution >= 0.6 is 0 Å². The van der Waals surface area contributed by atoms with E-state index < -0.39 is 0 Å². The zero-order valence-electron chi connectivity index (χ0n) is 10.6. The molecule has 1 aliphatic carbocycles. The van der Waals surface area contributed by atoms with Crippen molar-refractivity contribution in [3.8, 4) is 0 Å². The monoisotopic (exact) mass is 208 g/mol. The maximum Gasteiger partial charge on any atom is 0.133 e. The van der Waals surface area contributed by atoms with Crippen molar-refractivity contribution in [2.45, 2.75) is 59.8 Å². The van der Waals surface area contributed by atoms with Crippen molar-refractivity contribution in [3.05, 3.63) is 11.6 Å². The predicted octanol–water partition coefficient (Wildman–Crippen LogP) is 4.13. The van der Waals surface area contributed by atoms with Gasteiger partial charge in [-0.25, -0.2) is 0 Å². The van der Waals surface area contributed by atoms with Gasteiger partial charge in [0.05, 0.1) is 0 Å². The minimum atomic E-state index is 0.308. The summed E-state index contributed by atoms with van der Waals surface area (Å²) in [6.07, 6.45) is 7.19. The van der Waals surface area contributed by atoms with E-state index in [1.54, 1.807) is 0 Å². The number of allylic oxidation sites excluding steroid dienone is 2. The van der Waals surface area contributed by atoms with E-state index in [0.29, 0.717) is 17.1 Å². The third-order valence-corrected chi connectivity index (χ3v) is 3.71. The Hall–Kier alpha value is -0.590. The molecule has 1 heteroatoms. The van der Waals surface area contributed by atoms with Crippen LogP contribution in [-0.4, -0.2) is 5.78 Å². The molecule has 0 bridgehead atoms. The average molecular weight is 208 g/mol. The number of carbonyl (C=O) groups is 1. The third kappa shape index (κ3) is 3.19. The van der Waals surface area contributed by atoms with Gasteiger partial charge in [-0.05, 0) is 37.5 Å². The summed E-state index contributed by atoms with van der Waals surface area (Å²) in [7, 11) is 0. The maximum absolute atomic E-state index is 11.7. The molecule has 0 amide bonds. The fraction of sp³-hybridized carbons (Fsp3) is 0.786. The normalized spacial score (nSPS) is 24.8. The van der Waals surface area contributed by atoms with E-state index in [9.17, 15) is 4.79 Å². The van der Waals surface area contributed by atoms with E-state index in [0.717, 1.165) is 19.3 Å². The van der Waals surface area contributed by atoms with E-state index in [1.807, 2.05) is 0 Å². The topological polar surface area (TPSA) is 17.1 Å². The average Bonchev–Trinajstić information content (AvgIpc) is 2.12. The van der Waals surface area contributed by atoms with E-state index in [1.165, 1.54) is 18.4 Å². The van der Waals surface area contributed by atoms with Gasteiger partial charge in [0.2, 0.25) is 0 Å². The number of hydrogen-bond acceptors (Lipinski definition) is 1. The molecule has 0 aromatic heterocycles. The molecular formula is C14H24O. The van der Waals surface area contributed by atoms with Crippen molar-refractivity contribution in [3.63, 3.8) is 0 Å². The molecule has 0 aromatic rings. The highest BCUT2D eigenvalue weighted by Crippen LogP contribution is 2.42. The van der Waals surface area contributed by atoms with E-state index in [2.05, 4.69) is 33.8 Å². The summed E-state index contributed by atoms with van der Waals surface area (Å²) >= 11 is 0. The van der Waals surface area contributed by atoms with Crippen molar-refractivity contribution >= 4 is 5.78 Å². The summed E-state index contributed by atoms with van der Waals surface area (Å²) in [5, 5.41) is 0. The first-order valence-electron chi connectivity index (χ1n) is 6.15. The second-order valence-corrected chi connectivity index (χ2v) is 5.52. The van der Waals surface area contributed by atoms with E-state index in [-0.39, 0.29) is 0 Å². The highest BCUT2D eigenvalue weighted by Gasteiger charge is 2.33. The molecule has 1 atom stereocenters. The van der Waals surface area contributed by atoms with Gasteiger partial charge in [0.15, 0.2) is 0 Å². The van der Waals surface area contributed by atoms with Crippen LogP contribution in [0.15, 0.2) is 11.6 Å². The quantitative estimate of drug-likeness (QED) is 0.635. The molecule has 0 heterocycles. The SMILES string of the molecule is CCCC(=O)CC1C(C)=CCCC1(C)C. The lowest BCUT2D eigenvalue weighted by molar-refractivity contribution is -0.120. The largest absolute Gasteiger partial charge is 0.300 e. The van der Waals surface area contributed by atoms with Crippen LogP contribution in [0.3, 0.4) is 0 Å². The van der Waals surface area contributed by atoms with E-state index in [4.69, 9.17) is 0 Å². The molecule has 15 heavy (non-hydrogen) atoms. The lowest BCUT2D eigenvalue weighted by atomic mass is 9.67. The molecule has 0 spiro atoms. The lowest BCUT2D eigenvalue weighted by Gasteiger charge is -2.38. The number of hydrogen-bond donors (Lipinski definition) is 0. The van der Waals surface area contributed by atoms with E-state index >= 15 is 0 Å². The molecule has 1 aliphatic rings. The first-order valence-corrected chi connectivity index (χ1v) is 6.15. The Morgan fingerprint density at radius 2 is 2.20 bits per heavy atom. The van der Waals surface area contributed by atoms with Gasteiger partial charge in [0.25, 0.3) is 0 Å². The highest BCUT2D eigenvalue weighted by molar-refractivity contribution is 5.79.